The average molecular weight is 242 g/mol. The van der Waals surface area contributed by atoms with Gasteiger partial charge in [0.25, 0.3) is 5.91 Å². The van der Waals surface area contributed by atoms with Crippen LogP contribution in [-0.2, 0) is 7.05 Å². The second-order valence-corrected chi connectivity index (χ2v) is 4.82. The van der Waals surface area contributed by atoms with Crippen LogP contribution in [0.1, 0.15) is 29.8 Å². The maximum Gasteiger partial charge on any atom is 0.269 e. The number of rotatable bonds is 3. The van der Waals surface area contributed by atoms with Gasteiger partial charge in [0.2, 0.25) is 0 Å². The van der Waals surface area contributed by atoms with E-state index in [-0.39, 0.29) is 11.3 Å². The van der Waals surface area contributed by atoms with Crippen molar-refractivity contribution >= 4 is 17.5 Å². The summed E-state index contributed by atoms with van der Waals surface area (Å²) in [6.07, 6.45) is 4.96. The first-order valence-electron chi connectivity index (χ1n) is 5.59. The summed E-state index contributed by atoms with van der Waals surface area (Å²) in [5, 5.41) is 7.09. The quantitative estimate of drug-likeness (QED) is 0.817. The van der Waals surface area contributed by atoms with Gasteiger partial charge in [0, 0.05) is 25.2 Å². The van der Waals surface area contributed by atoms with E-state index in [1.54, 1.807) is 24.0 Å². The number of carbonyl (C=O) groups excluding carboxylic acids is 1. The maximum absolute atomic E-state index is 11.8. The Bertz CT molecular complexity index is 377. The Hall–Kier alpha value is -1.03. The van der Waals surface area contributed by atoms with E-state index in [2.05, 4.69) is 10.4 Å². The van der Waals surface area contributed by atoms with Crippen LogP contribution in [-0.4, -0.2) is 27.6 Å². The van der Waals surface area contributed by atoms with Gasteiger partial charge in [-0.1, -0.05) is 6.42 Å². The van der Waals surface area contributed by atoms with E-state index in [1.807, 2.05) is 0 Å². The van der Waals surface area contributed by atoms with Gasteiger partial charge in [0.05, 0.1) is 0 Å². The number of halogens is 1. The molecule has 1 aromatic rings. The summed E-state index contributed by atoms with van der Waals surface area (Å²) < 4.78 is 1.57. The molecule has 1 amide bonds. The van der Waals surface area contributed by atoms with Crippen molar-refractivity contribution in [3.63, 3.8) is 0 Å². The highest BCUT2D eigenvalue weighted by Crippen LogP contribution is 2.29. The minimum Gasteiger partial charge on any atom is -0.350 e. The second kappa shape index (κ2) is 4.87. The summed E-state index contributed by atoms with van der Waals surface area (Å²) in [4.78, 5) is 11.8. The summed E-state index contributed by atoms with van der Waals surface area (Å²) >= 11 is 6.15. The number of aromatic nitrogens is 2. The minimum atomic E-state index is -0.0734. The van der Waals surface area contributed by atoms with E-state index >= 15 is 0 Å². The molecule has 16 heavy (non-hydrogen) atoms. The van der Waals surface area contributed by atoms with Crippen LogP contribution in [0, 0.1) is 5.92 Å². The molecule has 5 heteroatoms. The molecule has 1 N–H and O–H groups in total. The highest BCUT2D eigenvalue weighted by Gasteiger charge is 2.25. The van der Waals surface area contributed by atoms with E-state index in [0.29, 0.717) is 18.2 Å². The Kier molecular flexibility index (Phi) is 3.49. The van der Waals surface area contributed by atoms with Crippen molar-refractivity contribution in [1.82, 2.24) is 15.1 Å². The maximum atomic E-state index is 11.8. The SMILES string of the molecule is Cn1nccc1C(=O)NCC1CCCC1Cl. The van der Waals surface area contributed by atoms with Crippen LogP contribution < -0.4 is 5.32 Å². The Morgan fingerprint density at radius 2 is 2.50 bits per heavy atom. The molecule has 88 valence electrons. The van der Waals surface area contributed by atoms with Crippen LogP contribution in [0.5, 0.6) is 0 Å². The lowest BCUT2D eigenvalue weighted by Gasteiger charge is -2.14. The normalized spacial score (nSPS) is 24.6. The Labute approximate surface area is 100.0 Å². The first-order valence-corrected chi connectivity index (χ1v) is 6.02. The second-order valence-electron chi connectivity index (χ2n) is 4.26. The Morgan fingerprint density at radius 3 is 3.06 bits per heavy atom. The molecule has 0 bridgehead atoms. The molecule has 4 nitrogen and oxygen atoms in total. The highest BCUT2D eigenvalue weighted by molar-refractivity contribution is 6.21. The number of hydrogen-bond acceptors (Lipinski definition) is 2. The molecule has 1 aliphatic rings. The molecule has 1 aliphatic carbocycles. The lowest BCUT2D eigenvalue weighted by Crippen LogP contribution is -2.32. The molecule has 2 unspecified atom stereocenters. The van der Waals surface area contributed by atoms with Crippen LogP contribution in [0.2, 0.25) is 0 Å². The predicted molar refractivity (Wildman–Crippen MR) is 62.5 cm³/mol. The van der Waals surface area contributed by atoms with Gasteiger partial charge in [0.15, 0.2) is 0 Å². The first kappa shape index (κ1) is 11.5. The highest BCUT2D eigenvalue weighted by atomic mass is 35.5. The fourth-order valence-corrected chi connectivity index (χ4v) is 2.50. The molecule has 1 saturated carbocycles. The van der Waals surface area contributed by atoms with Gasteiger partial charge < -0.3 is 5.32 Å². The lowest BCUT2D eigenvalue weighted by atomic mass is 10.1. The summed E-state index contributed by atoms with van der Waals surface area (Å²) in [6.45, 7) is 0.665. The number of aryl methyl sites for hydroxylation is 1. The van der Waals surface area contributed by atoms with E-state index < -0.39 is 0 Å². The minimum absolute atomic E-state index is 0.0734. The van der Waals surface area contributed by atoms with Crippen LogP contribution in [0.25, 0.3) is 0 Å². The number of nitrogens with zero attached hydrogens (tertiary/aromatic N) is 2. The smallest absolute Gasteiger partial charge is 0.269 e. The third-order valence-electron chi connectivity index (χ3n) is 3.14. The number of carbonyl (C=O) groups is 1. The molecule has 1 aromatic heterocycles. The molecule has 0 radical (unpaired) electrons. The first-order chi connectivity index (χ1) is 7.68. The van der Waals surface area contributed by atoms with Gasteiger partial charge in [-0.25, -0.2) is 0 Å². The zero-order valence-electron chi connectivity index (χ0n) is 9.32. The molecule has 2 atom stereocenters. The molecule has 1 fully saturated rings. The average Bonchev–Trinajstić information content (AvgIpc) is 2.84. The molecule has 0 spiro atoms. The monoisotopic (exact) mass is 241 g/mol. The van der Waals surface area contributed by atoms with Gasteiger partial charge in [-0.2, -0.15) is 5.10 Å². The van der Waals surface area contributed by atoms with Crippen LogP contribution in [0.3, 0.4) is 0 Å². The summed E-state index contributed by atoms with van der Waals surface area (Å²) in [6, 6.07) is 1.71. The Morgan fingerprint density at radius 1 is 1.69 bits per heavy atom. The van der Waals surface area contributed by atoms with Gasteiger partial charge in [0.1, 0.15) is 5.69 Å². The van der Waals surface area contributed by atoms with Gasteiger partial charge >= 0.3 is 0 Å². The van der Waals surface area contributed by atoms with Crippen molar-refractivity contribution in [2.75, 3.05) is 6.54 Å². The predicted octanol–water partition coefficient (Wildman–Crippen LogP) is 1.56. The van der Waals surface area contributed by atoms with Crippen LogP contribution in [0.15, 0.2) is 12.3 Å². The standard InChI is InChI=1S/C11H16ClN3O/c1-15-10(5-6-14-15)11(16)13-7-8-3-2-4-9(8)12/h5-6,8-9H,2-4,7H2,1H3,(H,13,16). The largest absolute Gasteiger partial charge is 0.350 e. The van der Waals surface area contributed by atoms with Crippen molar-refractivity contribution in [3.8, 4) is 0 Å². The third-order valence-corrected chi connectivity index (χ3v) is 3.72. The van der Waals surface area contributed by atoms with E-state index in [1.165, 1.54) is 6.42 Å². The van der Waals surface area contributed by atoms with Gasteiger partial charge in [-0.15, -0.1) is 11.6 Å². The van der Waals surface area contributed by atoms with Gasteiger partial charge in [-0.05, 0) is 24.8 Å². The lowest BCUT2D eigenvalue weighted by molar-refractivity contribution is 0.0938. The van der Waals surface area contributed by atoms with Crippen LogP contribution >= 0.6 is 11.6 Å². The van der Waals surface area contributed by atoms with E-state index in [9.17, 15) is 4.79 Å². The molecular formula is C11H16ClN3O. The number of amides is 1. The van der Waals surface area contributed by atoms with E-state index in [0.717, 1.165) is 12.8 Å². The topological polar surface area (TPSA) is 46.9 Å². The molecule has 0 saturated heterocycles. The molecule has 2 rings (SSSR count). The zero-order chi connectivity index (χ0) is 11.5. The van der Waals surface area contributed by atoms with Gasteiger partial charge in [-0.3, -0.25) is 9.48 Å². The molecule has 0 aromatic carbocycles. The van der Waals surface area contributed by atoms with Crippen molar-refractivity contribution in [1.29, 1.82) is 0 Å². The van der Waals surface area contributed by atoms with Crippen molar-refractivity contribution in [3.05, 3.63) is 18.0 Å². The molecule has 1 heterocycles. The molecule has 0 aliphatic heterocycles. The fraction of sp³-hybridized carbons (Fsp3) is 0.636. The van der Waals surface area contributed by atoms with Crippen molar-refractivity contribution in [2.24, 2.45) is 13.0 Å². The fourth-order valence-electron chi connectivity index (χ4n) is 2.13. The number of nitrogens with one attached hydrogen (secondary N) is 1. The van der Waals surface area contributed by atoms with Crippen LogP contribution in [0.4, 0.5) is 0 Å². The molecular weight excluding hydrogens is 226 g/mol. The summed E-state index contributed by atoms with van der Waals surface area (Å²) in [7, 11) is 1.76. The number of alkyl halides is 1. The third kappa shape index (κ3) is 2.38. The van der Waals surface area contributed by atoms with Crippen molar-refractivity contribution < 1.29 is 4.79 Å². The summed E-state index contributed by atoms with van der Waals surface area (Å²) in [5.74, 6) is 0.342. The Balaban J connectivity index is 1.86. The zero-order valence-corrected chi connectivity index (χ0v) is 10.1. The van der Waals surface area contributed by atoms with Crippen molar-refractivity contribution in [2.45, 2.75) is 24.6 Å². The summed E-state index contributed by atoms with van der Waals surface area (Å²) in [5.41, 5.74) is 0.587. The number of hydrogen-bond donors (Lipinski definition) is 1. The van der Waals surface area contributed by atoms with E-state index in [4.69, 9.17) is 11.6 Å².